The van der Waals surface area contributed by atoms with Gasteiger partial charge in [-0.1, -0.05) is 39.8 Å². The van der Waals surface area contributed by atoms with Crippen molar-refractivity contribution in [3.8, 4) is 0 Å². The van der Waals surface area contributed by atoms with E-state index >= 15 is 0 Å². The van der Waals surface area contributed by atoms with E-state index in [1.165, 1.54) is 0 Å². The third kappa shape index (κ3) is 5.03. The number of hydrogen-bond donors (Lipinski definition) is 2. The summed E-state index contributed by atoms with van der Waals surface area (Å²) in [6.45, 7) is 10.5. The van der Waals surface area contributed by atoms with E-state index in [1.807, 2.05) is 31.2 Å². The maximum atomic E-state index is 12.0. The minimum absolute atomic E-state index is 0.0191. The Balaban J connectivity index is 2.58. The Labute approximate surface area is 116 Å². The van der Waals surface area contributed by atoms with Gasteiger partial charge in [0.25, 0.3) is 0 Å². The van der Waals surface area contributed by atoms with E-state index in [-0.39, 0.29) is 17.4 Å². The number of carbonyl (C=O) groups is 1. The molecule has 0 heterocycles. The normalized spacial score (nSPS) is 14.8. The van der Waals surface area contributed by atoms with E-state index in [4.69, 9.17) is 5.73 Å². The van der Waals surface area contributed by atoms with Gasteiger partial charge in [-0.25, -0.2) is 0 Å². The quantitative estimate of drug-likeness (QED) is 0.869. The summed E-state index contributed by atoms with van der Waals surface area (Å²) in [4.78, 5) is 12.0. The van der Waals surface area contributed by atoms with Gasteiger partial charge in [-0.15, -0.1) is 0 Å². The molecule has 3 nitrogen and oxygen atoms in total. The highest BCUT2D eigenvalue weighted by molar-refractivity contribution is 5.90. The zero-order chi connectivity index (χ0) is 14.6. The van der Waals surface area contributed by atoms with Crippen molar-refractivity contribution in [3.63, 3.8) is 0 Å². The van der Waals surface area contributed by atoms with Gasteiger partial charge in [0.05, 0.1) is 0 Å². The summed E-state index contributed by atoms with van der Waals surface area (Å²) in [6.07, 6.45) is 0.540. The minimum Gasteiger partial charge on any atom is -0.326 e. The number of nitrogens with one attached hydrogen (secondary N) is 1. The van der Waals surface area contributed by atoms with E-state index in [0.717, 1.165) is 11.3 Å². The monoisotopic (exact) mass is 262 g/mol. The lowest BCUT2D eigenvalue weighted by atomic mass is 9.80. The number of hydrogen-bond acceptors (Lipinski definition) is 2. The molecule has 19 heavy (non-hydrogen) atoms. The Bertz CT molecular complexity index is 415. The summed E-state index contributed by atoms with van der Waals surface area (Å²) in [5.41, 5.74) is 7.84. The van der Waals surface area contributed by atoms with Gasteiger partial charge in [-0.05, 0) is 36.0 Å². The molecule has 0 aromatic heterocycles. The zero-order valence-corrected chi connectivity index (χ0v) is 12.7. The Morgan fingerprint density at radius 1 is 1.21 bits per heavy atom. The molecule has 2 unspecified atom stereocenters. The van der Waals surface area contributed by atoms with Crippen LogP contribution in [0.15, 0.2) is 24.3 Å². The van der Waals surface area contributed by atoms with Crippen LogP contribution in [-0.4, -0.2) is 5.91 Å². The van der Waals surface area contributed by atoms with Gasteiger partial charge in [0.15, 0.2) is 0 Å². The second-order valence-electron chi connectivity index (χ2n) is 6.43. The fourth-order valence-corrected chi connectivity index (χ4v) is 1.67. The summed E-state index contributed by atoms with van der Waals surface area (Å²) in [5.74, 6) is 0.409. The molecule has 0 radical (unpaired) electrons. The lowest BCUT2D eigenvalue weighted by Gasteiger charge is -2.26. The predicted molar refractivity (Wildman–Crippen MR) is 80.9 cm³/mol. The molecule has 0 aliphatic heterocycles. The van der Waals surface area contributed by atoms with Crippen LogP contribution in [0.3, 0.4) is 0 Å². The van der Waals surface area contributed by atoms with Crippen molar-refractivity contribution in [1.82, 2.24) is 0 Å². The van der Waals surface area contributed by atoms with Crippen LogP contribution >= 0.6 is 0 Å². The first-order chi connectivity index (χ1) is 8.70. The van der Waals surface area contributed by atoms with Crippen molar-refractivity contribution in [2.45, 2.75) is 47.1 Å². The third-order valence-electron chi connectivity index (χ3n) is 3.69. The third-order valence-corrected chi connectivity index (χ3v) is 3.69. The minimum atomic E-state index is 0.0191. The second-order valence-corrected chi connectivity index (χ2v) is 6.43. The zero-order valence-electron chi connectivity index (χ0n) is 12.7. The fourth-order valence-electron chi connectivity index (χ4n) is 1.67. The Kier molecular flexibility index (Phi) is 5.12. The summed E-state index contributed by atoms with van der Waals surface area (Å²) in [6, 6.07) is 7.73. The van der Waals surface area contributed by atoms with Crippen LogP contribution in [0.1, 0.15) is 52.6 Å². The number of carbonyl (C=O) groups excluding carboxylic acids is 1. The van der Waals surface area contributed by atoms with Gasteiger partial charge >= 0.3 is 0 Å². The van der Waals surface area contributed by atoms with Gasteiger partial charge in [0.1, 0.15) is 0 Å². The number of nitrogens with two attached hydrogens (primary N) is 1. The molecule has 0 saturated heterocycles. The van der Waals surface area contributed by atoms with Gasteiger partial charge in [0, 0.05) is 18.2 Å². The van der Waals surface area contributed by atoms with Crippen LogP contribution in [0.5, 0.6) is 0 Å². The van der Waals surface area contributed by atoms with Crippen LogP contribution in [0.4, 0.5) is 5.69 Å². The molecule has 106 valence electrons. The topological polar surface area (TPSA) is 55.1 Å². The molecule has 0 spiro atoms. The number of amides is 1. The van der Waals surface area contributed by atoms with Crippen LogP contribution in [0.2, 0.25) is 0 Å². The van der Waals surface area contributed by atoms with E-state index in [2.05, 4.69) is 33.0 Å². The van der Waals surface area contributed by atoms with E-state index in [1.54, 1.807) is 0 Å². The van der Waals surface area contributed by atoms with Crippen molar-refractivity contribution in [3.05, 3.63) is 29.8 Å². The molecule has 1 amide bonds. The summed E-state index contributed by atoms with van der Waals surface area (Å²) >= 11 is 0. The van der Waals surface area contributed by atoms with Crippen molar-refractivity contribution in [2.75, 3.05) is 5.32 Å². The van der Waals surface area contributed by atoms with Crippen molar-refractivity contribution in [2.24, 2.45) is 17.1 Å². The largest absolute Gasteiger partial charge is 0.326 e. The Morgan fingerprint density at radius 2 is 1.74 bits per heavy atom. The first-order valence-electron chi connectivity index (χ1n) is 6.85. The molecular weight excluding hydrogens is 236 g/mol. The summed E-state index contributed by atoms with van der Waals surface area (Å²) in [5, 5.41) is 2.93. The van der Waals surface area contributed by atoms with Crippen LogP contribution in [0, 0.1) is 11.3 Å². The first-order valence-corrected chi connectivity index (χ1v) is 6.85. The first kappa shape index (κ1) is 15.7. The van der Waals surface area contributed by atoms with Gasteiger partial charge in [-0.2, -0.15) is 0 Å². The van der Waals surface area contributed by atoms with Crippen molar-refractivity contribution >= 4 is 11.6 Å². The molecule has 1 rings (SSSR count). The Hall–Kier alpha value is -1.35. The predicted octanol–water partition coefficient (Wildman–Crippen LogP) is 3.72. The lowest BCUT2D eigenvalue weighted by molar-refractivity contribution is -0.117. The van der Waals surface area contributed by atoms with Gasteiger partial charge in [-0.3, -0.25) is 4.79 Å². The molecule has 0 bridgehead atoms. The summed E-state index contributed by atoms with van der Waals surface area (Å²) in [7, 11) is 0. The standard InChI is InChI=1S/C16H26N2O/c1-11(16(3,4)5)10-15(19)18-14-8-6-13(7-9-14)12(2)17/h6-9,11-12H,10,17H2,1-5H3,(H,18,19). The highest BCUT2D eigenvalue weighted by Crippen LogP contribution is 2.28. The molecule has 3 N–H and O–H groups in total. The number of benzene rings is 1. The smallest absolute Gasteiger partial charge is 0.224 e. The van der Waals surface area contributed by atoms with Crippen molar-refractivity contribution < 1.29 is 4.79 Å². The molecule has 2 atom stereocenters. The molecule has 1 aromatic carbocycles. The van der Waals surface area contributed by atoms with Crippen LogP contribution in [0.25, 0.3) is 0 Å². The number of anilines is 1. The molecule has 0 aliphatic rings. The summed E-state index contributed by atoms with van der Waals surface area (Å²) < 4.78 is 0. The molecule has 0 aliphatic carbocycles. The average Bonchev–Trinajstić information content (AvgIpc) is 2.28. The fraction of sp³-hybridized carbons (Fsp3) is 0.562. The Morgan fingerprint density at radius 3 is 2.16 bits per heavy atom. The average molecular weight is 262 g/mol. The van der Waals surface area contributed by atoms with Gasteiger partial charge in [0.2, 0.25) is 5.91 Å². The molecule has 0 fully saturated rings. The highest BCUT2D eigenvalue weighted by atomic mass is 16.1. The van der Waals surface area contributed by atoms with E-state index < -0.39 is 0 Å². The van der Waals surface area contributed by atoms with Crippen molar-refractivity contribution in [1.29, 1.82) is 0 Å². The second kappa shape index (κ2) is 6.20. The maximum absolute atomic E-state index is 12.0. The number of rotatable bonds is 4. The van der Waals surface area contributed by atoms with Gasteiger partial charge < -0.3 is 11.1 Å². The molecule has 0 saturated carbocycles. The maximum Gasteiger partial charge on any atom is 0.224 e. The SMILES string of the molecule is CC(N)c1ccc(NC(=O)CC(C)C(C)(C)C)cc1. The van der Waals surface area contributed by atoms with Crippen LogP contribution < -0.4 is 11.1 Å². The molecule has 1 aromatic rings. The van der Waals surface area contributed by atoms with Crippen LogP contribution in [-0.2, 0) is 4.79 Å². The lowest BCUT2D eigenvalue weighted by Crippen LogP contribution is -2.23. The highest BCUT2D eigenvalue weighted by Gasteiger charge is 2.22. The molecular formula is C16H26N2O. The van der Waals surface area contributed by atoms with E-state index in [0.29, 0.717) is 12.3 Å². The molecule has 3 heteroatoms. The van der Waals surface area contributed by atoms with E-state index in [9.17, 15) is 4.79 Å².